The molecule has 154 valence electrons. The molecular formula is C23H22N8. The molecule has 0 atom stereocenters. The lowest BCUT2D eigenvalue weighted by molar-refractivity contribution is 0.130. The van der Waals surface area contributed by atoms with Crippen molar-refractivity contribution in [1.82, 2.24) is 39.5 Å². The maximum absolute atomic E-state index is 4.67. The van der Waals surface area contributed by atoms with Crippen molar-refractivity contribution in [2.45, 2.75) is 19.4 Å². The van der Waals surface area contributed by atoms with Gasteiger partial charge in [-0.15, -0.1) is 10.2 Å². The molecule has 6 rings (SSSR count). The third-order valence-electron chi connectivity index (χ3n) is 5.92. The summed E-state index contributed by atoms with van der Waals surface area (Å²) >= 11 is 0. The first-order valence-electron chi connectivity index (χ1n) is 10.4. The van der Waals surface area contributed by atoms with E-state index in [2.05, 4.69) is 72.5 Å². The van der Waals surface area contributed by atoms with E-state index in [4.69, 9.17) is 0 Å². The van der Waals surface area contributed by atoms with Crippen LogP contribution >= 0.6 is 0 Å². The molecular weight excluding hydrogens is 388 g/mol. The second-order valence-corrected chi connectivity index (χ2v) is 8.37. The topological polar surface area (TPSA) is 77.0 Å². The molecule has 1 aliphatic heterocycles. The summed E-state index contributed by atoms with van der Waals surface area (Å²) < 4.78 is 3.89. The van der Waals surface area contributed by atoms with E-state index in [-0.39, 0.29) is 0 Å². The first-order valence-corrected chi connectivity index (χ1v) is 10.4. The third-order valence-corrected chi connectivity index (χ3v) is 5.92. The fourth-order valence-electron chi connectivity index (χ4n) is 4.19. The van der Waals surface area contributed by atoms with Gasteiger partial charge in [0.2, 0.25) is 0 Å². The van der Waals surface area contributed by atoms with Crippen LogP contribution in [0.15, 0.2) is 55.0 Å². The van der Waals surface area contributed by atoms with Gasteiger partial charge in [0.1, 0.15) is 0 Å². The molecule has 8 nitrogen and oxygen atoms in total. The van der Waals surface area contributed by atoms with E-state index in [9.17, 15) is 0 Å². The minimum atomic E-state index is 0.467. The molecule has 0 spiro atoms. The zero-order valence-electron chi connectivity index (χ0n) is 17.5. The average molecular weight is 410 g/mol. The van der Waals surface area contributed by atoms with Gasteiger partial charge < -0.3 is 4.90 Å². The summed E-state index contributed by atoms with van der Waals surface area (Å²) in [7, 11) is 2.13. The lowest BCUT2D eigenvalue weighted by Crippen LogP contribution is -2.45. The normalized spacial score (nSPS) is 15.0. The van der Waals surface area contributed by atoms with E-state index in [1.165, 1.54) is 0 Å². The SMILES string of the molecule is Cc1ccc2nnc(Cc3ccc4ncc(-c5cnn(C6CN(C)C6)c5)cc4c3)n2n1. The molecule has 1 aromatic carbocycles. The Hall–Kier alpha value is -3.65. The van der Waals surface area contributed by atoms with Crippen LogP contribution in [-0.2, 0) is 6.42 Å². The average Bonchev–Trinajstić information content (AvgIpc) is 3.38. The maximum Gasteiger partial charge on any atom is 0.177 e. The second kappa shape index (κ2) is 6.95. The number of hydrogen-bond donors (Lipinski definition) is 0. The van der Waals surface area contributed by atoms with Crippen LogP contribution in [0.1, 0.15) is 23.1 Å². The Bertz CT molecular complexity index is 1410. The molecule has 1 saturated heterocycles. The zero-order chi connectivity index (χ0) is 20.9. The largest absolute Gasteiger partial charge is 0.302 e. The van der Waals surface area contributed by atoms with Gasteiger partial charge in [0.15, 0.2) is 11.5 Å². The standard InChI is InChI=1S/C23H22N8/c1-15-3-6-22-26-27-23(31(22)28-15)8-16-4-5-21-17(7-16)9-18(10-24-21)19-11-25-30(12-19)20-13-29(2)14-20/h3-7,9-12,20H,8,13-14H2,1-2H3. The van der Waals surface area contributed by atoms with E-state index in [0.29, 0.717) is 12.5 Å². The Morgan fingerprint density at radius 1 is 1.00 bits per heavy atom. The smallest absolute Gasteiger partial charge is 0.177 e. The van der Waals surface area contributed by atoms with Crippen molar-refractivity contribution in [1.29, 1.82) is 0 Å². The van der Waals surface area contributed by atoms with E-state index >= 15 is 0 Å². The number of hydrogen-bond acceptors (Lipinski definition) is 6. The Labute approximate surface area is 179 Å². The maximum atomic E-state index is 4.67. The second-order valence-electron chi connectivity index (χ2n) is 8.37. The first kappa shape index (κ1) is 18.1. The van der Waals surface area contributed by atoms with Crippen LogP contribution in [0.2, 0.25) is 0 Å². The van der Waals surface area contributed by atoms with Crippen LogP contribution in [0.5, 0.6) is 0 Å². The quantitative estimate of drug-likeness (QED) is 0.453. The fraction of sp³-hybridized carbons (Fsp3) is 0.261. The van der Waals surface area contributed by atoms with Gasteiger partial charge in [0.25, 0.3) is 0 Å². The molecule has 1 aliphatic rings. The highest BCUT2D eigenvalue weighted by molar-refractivity contribution is 5.84. The molecule has 8 heteroatoms. The van der Waals surface area contributed by atoms with Crippen LogP contribution in [0, 0.1) is 6.92 Å². The van der Waals surface area contributed by atoms with Gasteiger partial charge in [-0.05, 0) is 49.9 Å². The molecule has 5 heterocycles. The monoisotopic (exact) mass is 410 g/mol. The van der Waals surface area contributed by atoms with E-state index in [1.807, 2.05) is 36.0 Å². The minimum Gasteiger partial charge on any atom is -0.302 e. The van der Waals surface area contributed by atoms with Crippen molar-refractivity contribution in [2.24, 2.45) is 0 Å². The number of aromatic nitrogens is 7. The van der Waals surface area contributed by atoms with Gasteiger partial charge in [-0.3, -0.25) is 9.67 Å². The van der Waals surface area contributed by atoms with E-state index < -0.39 is 0 Å². The Kier molecular flexibility index (Phi) is 4.07. The Morgan fingerprint density at radius 2 is 1.90 bits per heavy atom. The predicted octanol–water partition coefficient (Wildman–Crippen LogP) is 2.92. The van der Waals surface area contributed by atoms with Crippen molar-refractivity contribution in [3.63, 3.8) is 0 Å². The number of benzene rings is 1. The minimum absolute atomic E-state index is 0.467. The van der Waals surface area contributed by atoms with Gasteiger partial charge in [-0.1, -0.05) is 6.07 Å². The van der Waals surface area contributed by atoms with Crippen LogP contribution in [0.25, 0.3) is 27.7 Å². The van der Waals surface area contributed by atoms with Crippen molar-refractivity contribution in [2.75, 3.05) is 20.1 Å². The molecule has 4 aromatic heterocycles. The first-order chi connectivity index (χ1) is 15.1. The molecule has 5 aromatic rings. The molecule has 0 amide bonds. The van der Waals surface area contributed by atoms with E-state index in [0.717, 1.165) is 57.8 Å². The Morgan fingerprint density at radius 3 is 2.77 bits per heavy atom. The number of pyridine rings is 1. The highest BCUT2D eigenvalue weighted by atomic mass is 15.4. The predicted molar refractivity (Wildman–Crippen MR) is 118 cm³/mol. The molecule has 0 radical (unpaired) electrons. The van der Waals surface area contributed by atoms with Crippen LogP contribution in [0.4, 0.5) is 0 Å². The summed E-state index contributed by atoms with van der Waals surface area (Å²) in [6.07, 6.45) is 6.64. The van der Waals surface area contributed by atoms with Gasteiger partial charge >= 0.3 is 0 Å². The summed E-state index contributed by atoms with van der Waals surface area (Å²) in [5.74, 6) is 0.828. The number of likely N-dealkylation sites (N-methyl/N-ethyl adjacent to an activating group) is 1. The number of rotatable bonds is 4. The van der Waals surface area contributed by atoms with E-state index in [1.54, 1.807) is 0 Å². The summed E-state index contributed by atoms with van der Waals surface area (Å²) in [5, 5.41) is 18.8. The van der Waals surface area contributed by atoms with Crippen LogP contribution in [0.3, 0.4) is 0 Å². The fourth-order valence-corrected chi connectivity index (χ4v) is 4.19. The number of likely N-dealkylation sites (tertiary alicyclic amines) is 1. The lowest BCUT2D eigenvalue weighted by atomic mass is 10.0. The van der Waals surface area contributed by atoms with Crippen LogP contribution in [-0.4, -0.2) is 59.6 Å². The van der Waals surface area contributed by atoms with Gasteiger partial charge in [-0.2, -0.15) is 14.7 Å². The Balaban J connectivity index is 1.31. The number of nitrogens with zero attached hydrogens (tertiary/aromatic N) is 8. The van der Waals surface area contributed by atoms with Gasteiger partial charge in [0, 0.05) is 48.4 Å². The van der Waals surface area contributed by atoms with Crippen molar-refractivity contribution >= 4 is 16.6 Å². The number of aryl methyl sites for hydroxylation is 1. The lowest BCUT2D eigenvalue weighted by Gasteiger charge is -2.36. The molecule has 0 aliphatic carbocycles. The summed E-state index contributed by atoms with van der Waals surface area (Å²) in [5.41, 5.74) is 6.00. The number of fused-ring (bicyclic) bond motifs is 2. The summed E-state index contributed by atoms with van der Waals surface area (Å²) in [6.45, 7) is 4.07. The molecule has 0 saturated carbocycles. The van der Waals surface area contributed by atoms with Crippen LogP contribution < -0.4 is 0 Å². The zero-order valence-corrected chi connectivity index (χ0v) is 17.5. The van der Waals surface area contributed by atoms with Crippen molar-refractivity contribution in [3.05, 3.63) is 72.1 Å². The van der Waals surface area contributed by atoms with Crippen molar-refractivity contribution in [3.8, 4) is 11.1 Å². The summed E-state index contributed by atoms with van der Waals surface area (Å²) in [6, 6.07) is 12.9. The highest BCUT2D eigenvalue weighted by Crippen LogP contribution is 2.26. The highest BCUT2D eigenvalue weighted by Gasteiger charge is 2.25. The molecule has 0 bridgehead atoms. The third kappa shape index (κ3) is 3.25. The molecule has 0 N–H and O–H groups in total. The molecule has 31 heavy (non-hydrogen) atoms. The van der Waals surface area contributed by atoms with Gasteiger partial charge in [-0.25, -0.2) is 0 Å². The summed E-state index contributed by atoms with van der Waals surface area (Å²) in [4.78, 5) is 6.96. The van der Waals surface area contributed by atoms with Crippen molar-refractivity contribution < 1.29 is 0 Å². The molecule has 1 fully saturated rings. The van der Waals surface area contributed by atoms with Gasteiger partial charge in [0.05, 0.1) is 23.4 Å². The molecule has 0 unspecified atom stereocenters.